The molecule has 0 saturated carbocycles. The third-order valence-electron chi connectivity index (χ3n) is 3.01. The lowest BCUT2D eigenvalue weighted by atomic mass is 10.1. The second kappa shape index (κ2) is 6.01. The highest BCUT2D eigenvalue weighted by atomic mass is 16.6. The van der Waals surface area contributed by atoms with Crippen LogP contribution in [0.25, 0.3) is 6.08 Å². The fraction of sp³-hybridized carbons (Fsp3) is 0.214. The van der Waals surface area contributed by atoms with Gasteiger partial charge in [-0.3, -0.25) is 10.1 Å². The number of carboxylic acid groups (broad SMARTS) is 1. The molecule has 0 atom stereocenters. The number of nitro groups is 1. The Balaban J connectivity index is 2.35. The molecule has 1 heterocycles. The zero-order valence-corrected chi connectivity index (χ0v) is 10.7. The summed E-state index contributed by atoms with van der Waals surface area (Å²) in [5.41, 5.74) is 1.05. The number of hydrogen-bond donors (Lipinski definition) is 1. The Labute approximate surface area is 115 Å². The zero-order valence-electron chi connectivity index (χ0n) is 10.7. The molecule has 0 unspecified atom stereocenters. The van der Waals surface area contributed by atoms with Crippen molar-refractivity contribution in [3.05, 3.63) is 52.1 Å². The minimum absolute atomic E-state index is 0.00663. The van der Waals surface area contributed by atoms with Gasteiger partial charge in [0, 0.05) is 25.2 Å². The van der Waals surface area contributed by atoms with Crippen LogP contribution in [0.3, 0.4) is 0 Å². The monoisotopic (exact) mass is 274 g/mol. The quantitative estimate of drug-likeness (QED) is 0.394. The largest absolute Gasteiger partial charge is 0.478 e. The SMILES string of the molecule is O=C(O)/C=C/c1ccc(N2CC=CCC2)c([N+](=O)[O-])c1. The Kier molecular flexibility index (Phi) is 4.14. The molecule has 1 aromatic carbocycles. The van der Waals surface area contributed by atoms with E-state index in [1.807, 2.05) is 17.1 Å². The summed E-state index contributed by atoms with van der Waals surface area (Å²) in [7, 11) is 0. The number of carboxylic acids is 1. The van der Waals surface area contributed by atoms with Gasteiger partial charge < -0.3 is 10.0 Å². The number of hydrogen-bond acceptors (Lipinski definition) is 4. The lowest BCUT2D eigenvalue weighted by molar-refractivity contribution is -0.384. The molecule has 0 amide bonds. The molecular weight excluding hydrogens is 260 g/mol. The Morgan fingerprint density at radius 1 is 1.40 bits per heavy atom. The van der Waals surface area contributed by atoms with Gasteiger partial charge in [-0.05, 0) is 24.1 Å². The van der Waals surface area contributed by atoms with Gasteiger partial charge in [-0.2, -0.15) is 0 Å². The van der Waals surface area contributed by atoms with E-state index in [-0.39, 0.29) is 5.69 Å². The van der Waals surface area contributed by atoms with Gasteiger partial charge in [0.25, 0.3) is 5.69 Å². The molecule has 1 N–H and O–H groups in total. The van der Waals surface area contributed by atoms with Crippen molar-refractivity contribution in [3.8, 4) is 0 Å². The lowest BCUT2D eigenvalue weighted by Gasteiger charge is -2.25. The Bertz CT molecular complexity index is 593. The topological polar surface area (TPSA) is 83.7 Å². The molecule has 0 saturated heterocycles. The molecule has 1 aliphatic rings. The summed E-state index contributed by atoms with van der Waals surface area (Å²) in [6.07, 6.45) is 7.19. The third kappa shape index (κ3) is 3.23. The van der Waals surface area contributed by atoms with E-state index in [9.17, 15) is 14.9 Å². The fourth-order valence-corrected chi connectivity index (χ4v) is 2.09. The number of rotatable bonds is 4. The summed E-state index contributed by atoms with van der Waals surface area (Å²) >= 11 is 0. The van der Waals surface area contributed by atoms with Crippen molar-refractivity contribution in [2.24, 2.45) is 0 Å². The van der Waals surface area contributed by atoms with Crippen molar-refractivity contribution in [1.29, 1.82) is 0 Å². The first-order valence-electron chi connectivity index (χ1n) is 6.17. The van der Waals surface area contributed by atoms with Gasteiger partial charge in [0.2, 0.25) is 0 Å². The average Bonchev–Trinajstić information content (AvgIpc) is 2.45. The second-order valence-corrected chi connectivity index (χ2v) is 4.38. The first-order chi connectivity index (χ1) is 9.58. The highest BCUT2D eigenvalue weighted by molar-refractivity contribution is 5.85. The molecule has 0 bridgehead atoms. The molecular formula is C14H14N2O4. The molecule has 20 heavy (non-hydrogen) atoms. The Hall–Kier alpha value is -2.63. The molecule has 6 nitrogen and oxygen atoms in total. The maximum Gasteiger partial charge on any atom is 0.328 e. The van der Waals surface area contributed by atoms with Crippen LogP contribution in [0.5, 0.6) is 0 Å². The van der Waals surface area contributed by atoms with E-state index >= 15 is 0 Å². The van der Waals surface area contributed by atoms with Crippen LogP contribution in [0.15, 0.2) is 36.4 Å². The highest BCUT2D eigenvalue weighted by Gasteiger charge is 2.19. The Morgan fingerprint density at radius 3 is 2.80 bits per heavy atom. The summed E-state index contributed by atoms with van der Waals surface area (Å²) in [5.74, 6) is -1.09. The van der Waals surface area contributed by atoms with Gasteiger partial charge >= 0.3 is 5.97 Å². The third-order valence-corrected chi connectivity index (χ3v) is 3.01. The number of nitro benzene ring substituents is 1. The summed E-state index contributed by atoms with van der Waals surface area (Å²) < 4.78 is 0. The van der Waals surface area contributed by atoms with Gasteiger partial charge in [-0.25, -0.2) is 4.79 Å². The number of anilines is 1. The van der Waals surface area contributed by atoms with Crippen LogP contribution in [-0.2, 0) is 4.79 Å². The van der Waals surface area contributed by atoms with E-state index in [4.69, 9.17) is 5.11 Å². The first kappa shape index (κ1) is 13.8. The van der Waals surface area contributed by atoms with Gasteiger partial charge in [0.15, 0.2) is 0 Å². The number of benzene rings is 1. The normalized spacial score (nSPS) is 14.7. The smallest absolute Gasteiger partial charge is 0.328 e. The van der Waals surface area contributed by atoms with E-state index in [1.54, 1.807) is 12.1 Å². The van der Waals surface area contributed by atoms with Crippen LogP contribution >= 0.6 is 0 Å². The van der Waals surface area contributed by atoms with Crippen LogP contribution in [0.4, 0.5) is 11.4 Å². The maximum atomic E-state index is 11.2. The summed E-state index contributed by atoms with van der Waals surface area (Å²) in [6, 6.07) is 4.74. The van der Waals surface area contributed by atoms with Crippen molar-refractivity contribution in [2.45, 2.75) is 6.42 Å². The molecule has 0 aliphatic carbocycles. The Morgan fingerprint density at radius 2 is 2.20 bits per heavy atom. The molecule has 2 rings (SSSR count). The summed E-state index contributed by atoms with van der Waals surface area (Å²) in [4.78, 5) is 23.1. The van der Waals surface area contributed by atoms with Crippen molar-refractivity contribution < 1.29 is 14.8 Å². The van der Waals surface area contributed by atoms with Gasteiger partial charge in [0.1, 0.15) is 5.69 Å². The number of nitrogens with zero attached hydrogens (tertiary/aromatic N) is 2. The van der Waals surface area contributed by atoms with Crippen LogP contribution in [0, 0.1) is 10.1 Å². The molecule has 104 valence electrons. The van der Waals surface area contributed by atoms with Crippen LogP contribution < -0.4 is 4.90 Å². The van der Waals surface area contributed by atoms with E-state index in [0.717, 1.165) is 19.0 Å². The molecule has 1 aliphatic heterocycles. The van der Waals surface area contributed by atoms with Crippen molar-refractivity contribution in [3.63, 3.8) is 0 Å². The predicted molar refractivity (Wildman–Crippen MR) is 75.7 cm³/mol. The van der Waals surface area contributed by atoms with Crippen molar-refractivity contribution >= 4 is 23.4 Å². The van der Waals surface area contributed by atoms with Gasteiger partial charge in [-0.1, -0.05) is 18.2 Å². The van der Waals surface area contributed by atoms with E-state index in [2.05, 4.69) is 0 Å². The number of aliphatic carboxylic acids is 1. The predicted octanol–water partition coefficient (Wildman–Crippen LogP) is 2.46. The summed E-state index contributed by atoms with van der Waals surface area (Å²) in [5, 5.41) is 19.8. The average molecular weight is 274 g/mol. The van der Waals surface area contributed by atoms with E-state index < -0.39 is 10.9 Å². The lowest BCUT2D eigenvalue weighted by Crippen LogP contribution is -2.27. The molecule has 1 aromatic rings. The van der Waals surface area contributed by atoms with Gasteiger partial charge in [0.05, 0.1) is 4.92 Å². The second-order valence-electron chi connectivity index (χ2n) is 4.38. The van der Waals surface area contributed by atoms with Crippen molar-refractivity contribution in [2.75, 3.05) is 18.0 Å². The first-order valence-corrected chi connectivity index (χ1v) is 6.17. The zero-order chi connectivity index (χ0) is 14.5. The van der Waals surface area contributed by atoms with Crippen molar-refractivity contribution in [1.82, 2.24) is 0 Å². The van der Waals surface area contributed by atoms with Gasteiger partial charge in [-0.15, -0.1) is 0 Å². The van der Waals surface area contributed by atoms with E-state index in [1.165, 1.54) is 12.1 Å². The molecule has 0 fully saturated rings. The fourth-order valence-electron chi connectivity index (χ4n) is 2.09. The molecule has 0 aromatic heterocycles. The summed E-state index contributed by atoms with van der Waals surface area (Å²) in [6.45, 7) is 1.38. The highest BCUT2D eigenvalue weighted by Crippen LogP contribution is 2.30. The molecule has 6 heteroatoms. The molecule has 0 spiro atoms. The van der Waals surface area contributed by atoms with E-state index in [0.29, 0.717) is 17.8 Å². The maximum absolute atomic E-state index is 11.2. The minimum Gasteiger partial charge on any atom is -0.478 e. The number of carbonyl (C=O) groups is 1. The van der Waals surface area contributed by atoms with Crippen LogP contribution in [-0.4, -0.2) is 29.1 Å². The standard InChI is InChI=1S/C14H14N2O4/c17-14(18)7-5-11-4-6-12(13(10-11)16(19)20)15-8-2-1-3-9-15/h1-2,4-7,10H,3,8-9H2,(H,17,18)/b7-5+. The van der Waals surface area contributed by atoms with Crippen LogP contribution in [0.1, 0.15) is 12.0 Å². The molecule has 0 radical (unpaired) electrons. The minimum atomic E-state index is -1.09. The van der Waals surface area contributed by atoms with Crippen LogP contribution in [0.2, 0.25) is 0 Å².